The zero-order valence-electron chi connectivity index (χ0n) is 18.5. The Labute approximate surface area is 201 Å². The van der Waals surface area contributed by atoms with E-state index in [-0.39, 0.29) is 24.5 Å². The molecule has 0 aliphatic heterocycles. The Hall–Kier alpha value is -3.85. The maximum Gasteiger partial charge on any atom is 0.416 e. The average molecular weight is 497 g/mol. The van der Waals surface area contributed by atoms with Gasteiger partial charge in [-0.3, -0.25) is 4.79 Å². The van der Waals surface area contributed by atoms with E-state index in [4.69, 9.17) is 9.47 Å². The normalized spacial score (nSPS) is 12.5. The van der Waals surface area contributed by atoms with Crippen LogP contribution in [0.15, 0.2) is 71.5 Å². The van der Waals surface area contributed by atoms with Gasteiger partial charge in [-0.1, -0.05) is 41.2 Å². The van der Waals surface area contributed by atoms with Gasteiger partial charge in [0.2, 0.25) is 0 Å². The molecule has 5 rings (SSSR count). The molecule has 0 radical (unpaired) electrons. The predicted octanol–water partition coefficient (Wildman–Crippen LogP) is 5.24. The van der Waals surface area contributed by atoms with E-state index in [1.54, 1.807) is 16.5 Å². The van der Waals surface area contributed by atoms with E-state index in [9.17, 15) is 18.0 Å². The molecule has 5 nitrogen and oxygen atoms in total. The molecule has 35 heavy (non-hydrogen) atoms. The van der Waals surface area contributed by atoms with Crippen molar-refractivity contribution in [2.75, 3.05) is 13.2 Å². The second-order valence-electron chi connectivity index (χ2n) is 7.90. The van der Waals surface area contributed by atoms with Gasteiger partial charge in [0.1, 0.15) is 24.7 Å². The third-order valence-electron chi connectivity index (χ3n) is 5.37. The molecule has 0 aliphatic rings. The predicted molar refractivity (Wildman–Crippen MR) is 129 cm³/mol. The number of nitrogens with zero attached hydrogens (tertiary/aromatic N) is 2. The van der Waals surface area contributed by atoms with Gasteiger partial charge in [-0.05, 0) is 55.5 Å². The van der Waals surface area contributed by atoms with Gasteiger partial charge in [-0.25, -0.2) is 9.38 Å². The molecule has 0 saturated carbocycles. The maximum atomic E-state index is 13.1. The van der Waals surface area contributed by atoms with E-state index in [2.05, 4.69) is 4.98 Å². The highest BCUT2D eigenvalue weighted by Crippen LogP contribution is 2.31. The molecule has 0 spiro atoms. The first kappa shape index (κ1) is 22.9. The van der Waals surface area contributed by atoms with Crippen molar-refractivity contribution in [1.82, 2.24) is 9.38 Å². The largest absolute Gasteiger partial charge is 0.490 e. The van der Waals surface area contributed by atoms with Crippen LogP contribution < -0.4 is 19.6 Å². The minimum atomic E-state index is -4.43. The molecular weight excluding hydrogens is 477 g/mol. The van der Waals surface area contributed by atoms with Crippen LogP contribution in [0.3, 0.4) is 0 Å². The number of halogens is 3. The topological polar surface area (TPSA) is 52.8 Å². The molecule has 9 heteroatoms. The van der Waals surface area contributed by atoms with Gasteiger partial charge >= 0.3 is 6.18 Å². The fourth-order valence-electron chi connectivity index (χ4n) is 3.74. The number of ether oxygens (including phenoxy) is 2. The average Bonchev–Trinajstić information content (AvgIpc) is 3.33. The number of alkyl halides is 3. The number of imidazole rings is 1. The Kier molecular flexibility index (Phi) is 5.94. The number of thiazole rings is 1. The number of para-hydroxylation sites is 2. The first-order valence-corrected chi connectivity index (χ1v) is 11.6. The van der Waals surface area contributed by atoms with Crippen LogP contribution in [0.1, 0.15) is 16.7 Å². The summed E-state index contributed by atoms with van der Waals surface area (Å²) in [5.41, 5.74) is 2.31. The fraction of sp³-hybridized carbons (Fsp3) is 0.154. The van der Waals surface area contributed by atoms with Crippen LogP contribution in [0.2, 0.25) is 0 Å². The lowest BCUT2D eigenvalue weighted by Gasteiger charge is -2.12. The molecule has 0 bridgehead atoms. The number of aromatic nitrogens is 2. The highest BCUT2D eigenvalue weighted by Gasteiger charge is 2.30. The van der Waals surface area contributed by atoms with Gasteiger partial charge in [-0.2, -0.15) is 13.2 Å². The number of fused-ring (bicyclic) bond motifs is 3. The zero-order valence-corrected chi connectivity index (χ0v) is 19.3. The Bertz CT molecular complexity index is 1640. The molecule has 0 saturated heterocycles. The summed E-state index contributed by atoms with van der Waals surface area (Å²) in [6.07, 6.45) is -2.66. The maximum absolute atomic E-state index is 13.1. The van der Waals surface area contributed by atoms with Crippen molar-refractivity contribution in [3.63, 3.8) is 0 Å². The minimum Gasteiger partial charge on any atom is -0.490 e. The van der Waals surface area contributed by atoms with Crippen molar-refractivity contribution < 1.29 is 22.6 Å². The van der Waals surface area contributed by atoms with Crippen molar-refractivity contribution in [2.24, 2.45) is 0 Å². The molecule has 0 unspecified atom stereocenters. The van der Waals surface area contributed by atoms with E-state index in [0.717, 1.165) is 34.3 Å². The van der Waals surface area contributed by atoms with Crippen LogP contribution >= 0.6 is 11.3 Å². The molecule has 0 fully saturated rings. The summed E-state index contributed by atoms with van der Waals surface area (Å²) < 4.78 is 52.0. The van der Waals surface area contributed by atoms with E-state index in [0.29, 0.717) is 15.2 Å². The Balaban J connectivity index is 1.36. The Morgan fingerprint density at radius 1 is 1.00 bits per heavy atom. The van der Waals surface area contributed by atoms with Gasteiger partial charge in [0, 0.05) is 5.56 Å². The van der Waals surface area contributed by atoms with Crippen molar-refractivity contribution in [1.29, 1.82) is 0 Å². The standard InChI is InChI=1S/C26H19F3N2O3S/c1-16-9-10-22(34-12-11-33-19-6-4-5-18(15-19)26(27,28)29)17(13-16)14-23-24(32)31-21-8-3-2-7-20(21)30-25(31)35-23/h2-10,13-15H,11-12H2,1H3. The van der Waals surface area contributed by atoms with Crippen LogP contribution in [0.25, 0.3) is 22.1 Å². The Morgan fingerprint density at radius 3 is 2.63 bits per heavy atom. The molecule has 0 amide bonds. The van der Waals surface area contributed by atoms with Gasteiger partial charge in [0.15, 0.2) is 4.96 Å². The minimum absolute atomic E-state index is 0.0558. The van der Waals surface area contributed by atoms with Crippen LogP contribution in [-0.2, 0) is 6.18 Å². The van der Waals surface area contributed by atoms with Crippen LogP contribution in [0.5, 0.6) is 11.5 Å². The second-order valence-corrected chi connectivity index (χ2v) is 8.91. The first-order valence-electron chi connectivity index (χ1n) is 10.7. The third-order valence-corrected chi connectivity index (χ3v) is 6.34. The fourth-order valence-corrected chi connectivity index (χ4v) is 4.72. The van der Waals surface area contributed by atoms with Crippen molar-refractivity contribution in [3.8, 4) is 11.5 Å². The van der Waals surface area contributed by atoms with Crippen LogP contribution in [-0.4, -0.2) is 22.6 Å². The van der Waals surface area contributed by atoms with Crippen molar-refractivity contribution >= 4 is 33.4 Å². The summed E-state index contributed by atoms with van der Waals surface area (Å²) in [6.45, 7) is 2.10. The van der Waals surface area contributed by atoms with E-state index in [1.807, 2.05) is 43.3 Å². The summed E-state index contributed by atoms with van der Waals surface area (Å²) in [7, 11) is 0. The lowest BCUT2D eigenvalue weighted by molar-refractivity contribution is -0.137. The first-order chi connectivity index (χ1) is 16.8. The van der Waals surface area contributed by atoms with Crippen molar-refractivity contribution in [3.05, 3.63) is 98.3 Å². The molecular formula is C26H19F3N2O3S. The lowest BCUT2D eigenvalue weighted by Crippen LogP contribution is -2.22. The molecule has 3 aromatic carbocycles. The zero-order chi connectivity index (χ0) is 24.6. The summed E-state index contributed by atoms with van der Waals surface area (Å²) in [5.74, 6) is 0.655. The molecule has 0 aliphatic carbocycles. The third kappa shape index (κ3) is 4.72. The molecule has 5 aromatic rings. The number of hydrogen-bond donors (Lipinski definition) is 0. The highest BCUT2D eigenvalue weighted by molar-refractivity contribution is 7.15. The molecule has 0 N–H and O–H groups in total. The van der Waals surface area contributed by atoms with Crippen molar-refractivity contribution in [2.45, 2.75) is 13.1 Å². The number of rotatable bonds is 6. The molecule has 178 valence electrons. The van der Waals surface area contributed by atoms with Crippen LogP contribution in [0.4, 0.5) is 13.2 Å². The molecule has 2 aromatic heterocycles. The van der Waals surface area contributed by atoms with E-state index < -0.39 is 11.7 Å². The smallest absolute Gasteiger partial charge is 0.416 e. The van der Waals surface area contributed by atoms with E-state index >= 15 is 0 Å². The number of benzene rings is 3. The van der Waals surface area contributed by atoms with Crippen LogP contribution in [0, 0.1) is 6.92 Å². The SMILES string of the molecule is Cc1ccc(OCCOc2cccc(C(F)(F)F)c2)c(C=c2sc3nc4ccccc4n3c2=O)c1. The number of hydrogen-bond acceptors (Lipinski definition) is 5. The summed E-state index contributed by atoms with van der Waals surface area (Å²) in [5, 5.41) is 0. The van der Waals surface area contributed by atoms with Gasteiger partial charge in [0.05, 0.1) is 21.1 Å². The lowest BCUT2D eigenvalue weighted by atomic mass is 10.1. The van der Waals surface area contributed by atoms with Gasteiger partial charge in [0.25, 0.3) is 5.56 Å². The monoisotopic (exact) mass is 496 g/mol. The summed E-state index contributed by atoms with van der Waals surface area (Å²) in [4.78, 5) is 18.2. The summed E-state index contributed by atoms with van der Waals surface area (Å²) in [6, 6.07) is 17.8. The second kappa shape index (κ2) is 9.07. The highest BCUT2D eigenvalue weighted by atomic mass is 32.1. The van der Waals surface area contributed by atoms with Gasteiger partial charge < -0.3 is 9.47 Å². The Morgan fingerprint density at radius 2 is 1.80 bits per heavy atom. The van der Waals surface area contributed by atoms with E-state index in [1.165, 1.54) is 23.5 Å². The molecule has 2 heterocycles. The quantitative estimate of drug-likeness (QED) is 0.302. The molecule has 0 atom stereocenters. The van der Waals surface area contributed by atoms with Gasteiger partial charge in [-0.15, -0.1) is 0 Å². The summed E-state index contributed by atoms with van der Waals surface area (Å²) >= 11 is 1.30. The number of aryl methyl sites for hydroxylation is 1.